The summed E-state index contributed by atoms with van der Waals surface area (Å²) < 4.78 is 21.7. The predicted molar refractivity (Wildman–Crippen MR) is 120 cm³/mol. The third-order valence-corrected chi connectivity index (χ3v) is 5.17. The van der Waals surface area contributed by atoms with Crippen LogP contribution in [0.2, 0.25) is 0 Å². The van der Waals surface area contributed by atoms with Gasteiger partial charge in [0.2, 0.25) is 0 Å². The highest BCUT2D eigenvalue weighted by Crippen LogP contribution is 2.29. The molecule has 3 rings (SSSR count). The zero-order valence-electron chi connectivity index (χ0n) is 18.4. The number of hydrogen-bond donors (Lipinski definition) is 2. The van der Waals surface area contributed by atoms with Crippen molar-refractivity contribution in [2.45, 2.75) is 26.4 Å². The Kier molecular flexibility index (Phi) is 7.55. The first kappa shape index (κ1) is 22.7. The van der Waals surface area contributed by atoms with Crippen LogP contribution in [0.1, 0.15) is 16.7 Å². The van der Waals surface area contributed by atoms with Gasteiger partial charge in [-0.3, -0.25) is 0 Å². The first-order valence-electron chi connectivity index (χ1n) is 10.2. The fourth-order valence-corrected chi connectivity index (χ4v) is 3.44. The van der Waals surface area contributed by atoms with Crippen LogP contribution in [0.25, 0.3) is 11.0 Å². The van der Waals surface area contributed by atoms with Crippen LogP contribution in [0.4, 0.5) is 0 Å². The lowest BCUT2D eigenvalue weighted by Crippen LogP contribution is -2.32. The minimum Gasteiger partial charge on any atom is -0.493 e. The van der Waals surface area contributed by atoms with Gasteiger partial charge in [-0.15, -0.1) is 0 Å². The van der Waals surface area contributed by atoms with Crippen molar-refractivity contribution in [3.8, 4) is 17.2 Å². The lowest BCUT2D eigenvalue weighted by Gasteiger charge is -2.15. The molecule has 7 heteroatoms. The average Bonchev–Trinajstić information content (AvgIpc) is 2.76. The molecule has 0 saturated carbocycles. The van der Waals surface area contributed by atoms with Gasteiger partial charge in [0.05, 0.1) is 14.2 Å². The van der Waals surface area contributed by atoms with Gasteiger partial charge in [0.15, 0.2) is 11.5 Å². The van der Waals surface area contributed by atoms with E-state index in [-0.39, 0.29) is 12.2 Å². The summed E-state index contributed by atoms with van der Waals surface area (Å²) in [6.07, 6.45) is 0.112. The van der Waals surface area contributed by atoms with Crippen LogP contribution in [-0.4, -0.2) is 45.1 Å². The minimum atomic E-state index is -0.676. The molecule has 7 nitrogen and oxygen atoms in total. The number of aryl methyl sites for hydroxylation is 2. The molecule has 3 aromatic rings. The molecular formula is C24H29NO6. The first-order chi connectivity index (χ1) is 14.9. The molecule has 0 bridgehead atoms. The van der Waals surface area contributed by atoms with Crippen LogP contribution in [0, 0.1) is 13.8 Å². The Bertz CT molecular complexity index is 1090. The molecule has 2 aromatic carbocycles. The van der Waals surface area contributed by atoms with Crippen molar-refractivity contribution in [2.75, 3.05) is 33.9 Å². The summed E-state index contributed by atoms with van der Waals surface area (Å²) in [5.74, 6) is 1.99. The van der Waals surface area contributed by atoms with Crippen molar-refractivity contribution in [3.05, 3.63) is 63.5 Å². The standard InChI is InChI=1S/C24H29NO6/c1-15-11-23(27)31-24-16(2)20(8-6-19(15)24)30-14-18(26)13-25-10-9-17-5-7-21(28-3)22(12-17)29-4/h5-8,11-12,18,25-26H,9-10,13-14H2,1-4H3/t18-/m0/s1. The maximum absolute atomic E-state index is 11.7. The third kappa shape index (κ3) is 5.57. The molecule has 0 saturated heterocycles. The zero-order valence-corrected chi connectivity index (χ0v) is 18.4. The molecular weight excluding hydrogens is 398 g/mol. The van der Waals surface area contributed by atoms with E-state index in [1.165, 1.54) is 6.07 Å². The van der Waals surface area contributed by atoms with Crippen LogP contribution in [-0.2, 0) is 6.42 Å². The van der Waals surface area contributed by atoms with E-state index in [2.05, 4.69) is 5.32 Å². The van der Waals surface area contributed by atoms with E-state index >= 15 is 0 Å². The molecule has 1 aromatic heterocycles. The zero-order chi connectivity index (χ0) is 22.4. The number of rotatable bonds is 10. The number of hydrogen-bond acceptors (Lipinski definition) is 7. The second-order valence-corrected chi connectivity index (χ2v) is 7.42. The quantitative estimate of drug-likeness (QED) is 0.380. The van der Waals surface area contributed by atoms with Crippen molar-refractivity contribution in [1.29, 1.82) is 0 Å². The summed E-state index contributed by atoms with van der Waals surface area (Å²) in [6, 6.07) is 11.0. The van der Waals surface area contributed by atoms with E-state index in [9.17, 15) is 9.90 Å². The molecule has 0 spiro atoms. The van der Waals surface area contributed by atoms with E-state index in [0.29, 0.717) is 35.9 Å². The number of aliphatic hydroxyl groups excluding tert-OH is 1. The second kappa shape index (κ2) is 10.3. The smallest absolute Gasteiger partial charge is 0.336 e. The predicted octanol–water partition coefficient (Wildman–Crippen LogP) is 3.00. The molecule has 1 heterocycles. The Hall–Kier alpha value is -3.03. The highest BCUT2D eigenvalue weighted by Gasteiger charge is 2.12. The Balaban J connectivity index is 1.49. The Morgan fingerprint density at radius 2 is 1.77 bits per heavy atom. The van der Waals surface area contributed by atoms with E-state index in [1.807, 2.05) is 44.2 Å². The normalized spacial score (nSPS) is 12.0. The Morgan fingerprint density at radius 3 is 2.52 bits per heavy atom. The fraction of sp³-hybridized carbons (Fsp3) is 0.375. The summed E-state index contributed by atoms with van der Waals surface area (Å²) in [4.78, 5) is 11.7. The van der Waals surface area contributed by atoms with Crippen molar-refractivity contribution < 1.29 is 23.7 Å². The number of methoxy groups -OCH3 is 2. The number of ether oxygens (including phenoxy) is 3. The topological polar surface area (TPSA) is 90.2 Å². The lowest BCUT2D eigenvalue weighted by atomic mass is 10.1. The van der Waals surface area contributed by atoms with Gasteiger partial charge in [0, 0.05) is 23.6 Å². The highest BCUT2D eigenvalue weighted by molar-refractivity contribution is 5.84. The number of fused-ring (bicyclic) bond motifs is 1. The molecule has 31 heavy (non-hydrogen) atoms. The van der Waals surface area contributed by atoms with E-state index < -0.39 is 6.10 Å². The maximum atomic E-state index is 11.7. The Labute approximate surface area is 181 Å². The van der Waals surface area contributed by atoms with Gasteiger partial charge in [0.25, 0.3) is 0 Å². The van der Waals surface area contributed by atoms with Gasteiger partial charge in [-0.1, -0.05) is 6.07 Å². The van der Waals surface area contributed by atoms with Crippen LogP contribution < -0.4 is 25.2 Å². The molecule has 0 aliphatic carbocycles. The molecule has 0 aliphatic heterocycles. The summed E-state index contributed by atoms with van der Waals surface area (Å²) in [7, 11) is 3.22. The number of nitrogens with one attached hydrogen (secondary N) is 1. The SMILES string of the molecule is COc1ccc(CCNC[C@H](O)COc2ccc3c(C)cc(=O)oc3c2C)cc1OC. The third-order valence-electron chi connectivity index (χ3n) is 5.17. The molecule has 2 N–H and O–H groups in total. The first-order valence-corrected chi connectivity index (χ1v) is 10.2. The van der Waals surface area contributed by atoms with Crippen LogP contribution in [0.3, 0.4) is 0 Å². The molecule has 166 valence electrons. The van der Waals surface area contributed by atoms with Crippen LogP contribution >= 0.6 is 0 Å². The second-order valence-electron chi connectivity index (χ2n) is 7.42. The van der Waals surface area contributed by atoms with Gasteiger partial charge >= 0.3 is 5.63 Å². The van der Waals surface area contributed by atoms with Crippen molar-refractivity contribution in [1.82, 2.24) is 5.32 Å². The molecule has 1 atom stereocenters. The molecule has 0 radical (unpaired) electrons. The monoisotopic (exact) mass is 427 g/mol. The lowest BCUT2D eigenvalue weighted by molar-refractivity contribution is 0.106. The minimum absolute atomic E-state index is 0.131. The van der Waals surface area contributed by atoms with E-state index in [0.717, 1.165) is 28.5 Å². The summed E-state index contributed by atoms with van der Waals surface area (Å²) >= 11 is 0. The number of aliphatic hydroxyl groups is 1. The highest BCUT2D eigenvalue weighted by atomic mass is 16.5. The van der Waals surface area contributed by atoms with Crippen molar-refractivity contribution in [3.63, 3.8) is 0 Å². The van der Waals surface area contributed by atoms with Crippen LogP contribution in [0.15, 0.2) is 45.6 Å². The van der Waals surface area contributed by atoms with Gasteiger partial charge in [-0.2, -0.15) is 0 Å². The number of benzene rings is 2. The van der Waals surface area contributed by atoms with Crippen LogP contribution in [0.5, 0.6) is 17.2 Å². The van der Waals surface area contributed by atoms with E-state index in [4.69, 9.17) is 18.6 Å². The van der Waals surface area contributed by atoms with Gasteiger partial charge < -0.3 is 29.1 Å². The molecule has 0 amide bonds. The molecule has 0 unspecified atom stereocenters. The summed E-state index contributed by atoms with van der Waals surface area (Å²) in [5.41, 5.74) is 2.85. The van der Waals surface area contributed by atoms with Gasteiger partial charge in [0.1, 0.15) is 24.0 Å². The van der Waals surface area contributed by atoms with Crippen molar-refractivity contribution in [2.24, 2.45) is 0 Å². The Morgan fingerprint density at radius 1 is 1.03 bits per heavy atom. The molecule has 0 aliphatic rings. The van der Waals surface area contributed by atoms with Gasteiger partial charge in [-0.25, -0.2) is 4.79 Å². The van der Waals surface area contributed by atoms with E-state index in [1.54, 1.807) is 14.2 Å². The summed E-state index contributed by atoms with van der Waals surface area (Å²) in [6.45, 7) is 4.94. The molecule has 0 fully saturated rings. The largest absolute Gasteiger partial charge is 0.493 e. The average molecular weight is 427 g/mol. The van der Waals surface area contributed by atoms with Gasteiger partial charge in [-0.05, 0) is 62.2 Å². The fourth-order valence-electron chi connectivity index (χ4n) is 3.44. The van der Waals surface area contributed by atoms with Crippen molar-refractivity contribution >= 4 is 11.0 Å². The maximum Gasteiger partial charge on any atom is 0.336 e. The summed E-state index contributed by atoms with van der Waals surface area (Å²) in [5, 5.41) is 14.4.